The fourth-order valence-electron chi connectivity index (χ4n) is 4.10. The predicted molar refractivity (Wildman–Crippen MR) is 108 cm³/mol. The van der Waals surface area contributed by atoms with E-state index in [9.17, 15) is 0 Å². The van der Waals surface area contributed by atoms with Gasteiger partial charge in [-0.25, -0.2) is 0 Å². The summed E-state index contributed by atoms with van der Waals surface area (Å²) in [6.45, 7) is 4.17. The third kappa shape index (κ3) is 3.37. The molecule has 3 aromatic rings. The van der Waals surface area contributed by atoms with Gasteiger partial charge in [0, 0.05) is 0 Å². The molecular weight excluding hydrogens is 534 g/mol. The number of hydrogen-bond acceptors (Lipinski definition) is 2. The first kappa shape index (κ1) is 18.2. The minimum atomic E-state index is 0.0622. The zero-order chi connectivity index (χ0) is 18.1. The zero-order valence-electron chi connectivity index (χ0n) is 14.9. The van der Waals surface area contributed by atoms with Crippen LogP contribution in [0.5, 0.6) is 0 Å². The van der Waals surface area contributed by atoms with Crippen molar-refractivity contribution >= 4 is 37.7 Å². The van der Waals surface area contributed by atoms with Crippen LogP contribution in [0.1, 0.15) is 29.7 Å². The van der Waals surface area contributed by atoms with Gasteiger partial charge in [0.1, 0.15) is 0 Å². The van der Waals surface area contributed by atoms with Crippen molar-refractivity contribution in [1.29, 1.82) is 0 Å². The van der Waals surface area contributed by atoms with Crippen LogP contribution in [0.3, 0.4) is 0 Å². The van der Waals surface area contributed by atoms with E-state index in [4.69, 9.17) is 11.6 Å². The number of aromatic nitrogens is 2. The van der Waals surface area contributed by atoms with E-state index < -0.39 is 0 Å². The minimum absolute atomic E-state index is 0.0622. The molecule has 4 rings (SSSR count). The van der Waals surface area contributed by atoms with E-state index in [2.05, 4.69) is 59.9 Å². The number of aryl methyl sites for hydroxylation is 1. The molecule has 1 aliphatic rings. The molecule has 1 aromatic heterocycles. The molecule has 1 saturated heterocycles. The van der Waals surface area contributed by atoms with Gasteiger partial charge in [-0.15, -0.1) is 0 Å². The molecule has 3 nitrogen and oxygen atoms in total. The van der Waals surface area contributed by atoms with Crippen molar-refractivity contribution < 1.29 is 0 Å². The molecule has 1 fully saturated rings. The molecular formula is C21H21ClN3Tl. The Balaban J connectivity index is 1.74. The van der Waals surface area contributed by atoms with Crippen molar-refractivity contribution in [3.05, 3.63) is 76.6 Å². The summed E-state index contributed by atoms with van der Waals surface area (Å²) in [7, 11) is 0. The number of nitrogens with zero attached hydrogens (tertiary/aromatic N) is 2. The number of nitrogens with one attached hydrogen (secondary N) is 1. The second kappa shape index (κ2) is 7.45. The first-order valence-electron chi connectivity index (χ1n) is 8.97. The Morgan fingerprint density at radius 3 is 2.12 bits per heavy atom. The monoisotopic (exact) mass is 555 g/mol. The Hall–Kier alpha value is -1.18. The fourth-order valence-corrected chi connectivity index (χ4v) is 5.48. The molecule has 26 heavy (non-hydrogen) atoms. The fraction of sp³-hybridized carbons (Fsp3) is 0.286. The van der Waals surface area contributed by atoms with Crippen molar-refractivity contribution in [3.8, 4) is 11.1 Å². The molecule has 5 heteroatoms. The van der Waals surface area contributed by atoms with Crippen LogP contribution in [-0.4, -0.2) is 46.7 Å². The van der Waals surface area contributed by atoms with Crippen LogP contribution in [-0.2, 0) is 5.41 Å². The van der Waals surface area contributed by atoms with Gasteiger partial charge in [-0.3, -0.25) is 0 Å². The Morgan fingerprint density at radius 1 is 1.00 bits per heavy atom. The van der Waals surface area contributed by atoms with E-state index in [-0.39, 0.29) is 5.41 Å². The molecule has 2 aromatic carbocycles. The summed E-state index contributed by atoms with van der Waals surface area (Å²) < 4.78 is 2.04. The van der Waals surface area contributed by atoms with E-state index in [1.54, 1.807) is 0 Å². The average Bonchev–Trinajstić information content (AvgIpc) is 3.01. The first-order chi connectivity index (χ1) is 12.6. The molecule has 2 heterocycles. The second-order valence-electron chi connectivity index (χ2n) is 7.02. The van der Waals surface area contributed by atoms with Crippen molar-refractivity contribution in [3.63, 3.8) is 0 Å². The number of halogens is 1. The third-order valence-corrected chi connectivity index (χ3v) is 6.80. The summed E-state index contributed by atoms with van der Waals surface area (Å²) in [6.07, 6.45) is 4.37. The van der Waals surface area contributed by atoms with Crippen molar-refractivity contribution in [2.24, 2.45) is 0 Å². The first-order valence-corrected chi connectivity index (χ1v) is 11.4. The molecule has 0 saturated carbocycles. The summed E-state index contributed by atoms with van der Waals surface area (Å²) in [4.78, 5) is 0. The van der Waals surface area contributed by atoms with E-state index in [1.807, 2.05) is 14.6 Å². The molecule has 0 atom stereocenters. The summed E-state index contributed by atoms with van der Waals surface area (Å²) in [5, 5.41) is 8.84. The Morgan fingerprint density at radius 2 is 1.58 bits per heavy atom. The van der Waals surface area contributed by atoms with Crippen LogP contribution in [0.2, 0.25) is 5.02 Å². The van der Waals surface area contributed by atoms with Crippen LogP contribution >= 0.6 is 11.6 Å². The van der Waals surface area contributed by atoms with Gasteiger partial charge in [0.2, 0.25) is 0 Å². The topological polar surface area (TPSA) is 29.9 Å². The second-order valence-corrected chi connectivity index (χ2v) is 9.52. The molecule has 0 spiro atoms. The van der Waals surface area contributed by atoms with Crippen LogP contribution in [0.25, 0.3) is 11.1 Å². The SMILES string of the molecule is Cc1n[n]([Tl])cc1-c1ccc(C2(c3ccc(Cl)cc3)CCNCC2)cc1. The van der Waals surface area contributed by atoms with Crippen molar-refractivity contribution in [2.45, 2.75) is 25.2 Å². The van der Waals surface area contributed by atoms with Gasteiger partial charge in [-0.05, 0) is 0 Å². The molecule has 0 amide bonds. The normalized spacial score (nSPS) is 16.5. The molecule has 1 N–H and O–H groups in total. The van der Waals surface area contributed by atoms with Crippen LogP contribution in [0, 0.1) is 6.92 Å². The van der Waals surface area contributed by atoms with Gasteiger partial charge >= 0.3 is 165 Å². The summed E-state index contributed by atoms with van der Waals surface area (Å²) >= 11 is 6.83. The molecule has 0 bridgehead atoms. The van der Waals surface area contributed by atoms with Gasteiger partial charge in [-0.2, -0.15) is 0 Å². The number of piperidine rings is 1. The Labute approximate surface area is 175 Å². The van der Waals surface area contributed by atoms with Gasteiger partial charge in [-0.1, -0.05) is 11.6 Å². The Kier molecular flexibility index (Phi) is 5.21. The molecule has 0 unspecified atom stereocenters. The molecule has 0 aliphatic carbocycles. The Bertz CT molecular complexity index is 894. The summed E-state index contributed by atoms with van der Waals surface area (Å²) in [5.74, 6) is 0. The van der Waals surface area contributed by atoms with E-state index >= 15 is 0 Å². The van der Waals surface area contributed by atoms with Crippen LogP contribution in [0.15, 0.2) is 54.7 Å². The van der Waals surface area contributed by atoms with E-state index in [1.165, 1.54) is 22.3 Å². The maximum atomic E-state index is 6.13. The summed E-state index contributed by atoms with van der Waals surface area (Å²) in [5.41, 5.74) is 6.41. The average molecular weight is 555 g/mol. The van der Waals surface area contributed by atoms with Crippen molar-refractivity contribution in [1.82, 2.24) is 12.9 Å². The quantitative estimate of drug-likeness (QED) is 0.494. The third-order valence-electron chi connectivity index (χ3n) is 5.52. The zero-order valence-corrected chi connectivity index (χ0v) is 20.1. The molecule has 1 aliphatic heterocycles. The van der Waals surface area contributed by atoms with Gasteiger partial charge in [0.15, 0.2) is 0 Å². The van der Waals surface area contributed by atoms with E-state index in [0.29, 0.717) is 26.1 Å². The van der Waals surface area contributed by atoms with E-state index in [0.717, 1.165) is 36.6 Å². The number of benzene rings is 2. The van der Waals surface area contributed by atoms with Gasteiger partial charge in [0.05, 0.1) is 0 Å². The predicted octanol–water partition coefficient (Wildman–Crippen LogP) is 4.11. The standard InChI is InChI=1S/C21H21ClN3.Tl/c1-15-20(14-24-25-15)16-2-4-17(5-3-16)21(10-12-23-13-11-21)18-6-8-19(22)9-7-18;/h2-9,14,23H,10-13H2,1H3;/q-1;+1. The summed E-state index contributed by atoms with van der Waals surface area (Å²) in [6, 6.07) is 17.5. The van der Waals surface area contributed by atoms with Gasteiger partial charge in [0.25, 0.3) is 0 Å². The number of hydrogen-bond donors (Lipinski definition) is 1. The van der Waals surface area contributed by atoms with Gasteiger partial charge < -0.3 is 0 Å². The van der Waals surface area contributed by atoms with Crippen LogP contribution < -0.4 is 5.32 Å². The van der Waals surface area contributed by atoms with Crippen LogP contribution in [0.4, 0.5) is 0 Å². The molecule has 0 radical (unpaired) electrons. The maximum absolute atomic E-state index is 6.13. The number of rotatable bonds is 3. The van der Waals surface area contributed by atoms with Crippen molar-refractivity contribution in [2.75, 3.05) is 13.1 Å². The molecule has 130 valence electrons.